The lowest BCUT2D eigenvalue weighted by molar-refractivity contribution is 0.273. The van der Waals surface area contributed by atoms with Crippen LogP contribution in [-0.4, -0.2) is 35.1 Å². The van der Waals surface area contributed by atoms with Crippen molar-refractivity contribution in [3.8, 4) is 0 Å². The average molecular weight is 380 g/mol. The van der Waals surface area contributed by atoms with Gasteiger partial charge in [0.15, 0.2) is 0 Å². The number of halogens is 1. The van der Waals surface area contributed by atoms with Crippen molar-refractivity contribution in [1.82, 2.24) is 14.5 Å². The Morgan fingerprint density at radius 2 is 2.25 bits per heavy atom. The Balaban J connectivity index is 2.32. The molecular formula is C11H14BrN3O3S2. The van der Waals surface area contributed by atoms with E-state index in [2.05, 4.69) is 26.1 Å². The molecule has 0 amide bonds. The molecule has 0 saturated carbocycles. The van der Waals surface area contributed by atoms with Crippen molar-refractivity contribution in [3.63, 3.8) is 0 Å². The smallest absolute Gasteiger partial charge is 0.246 e. The largest absolute Gasteiger partial charge is 0.390 e. The molecule has 0 unspecified atom stereocenters. The maximum absolute atomic E-state index is 12.6. The molecule has 0 fully saturated rings. The molecule has 6 nitrogen and oxygen atoms in total. The molecule has 20 heavy (non-hydrogen) atoms. The maximum atomic E-state index is 12.6. The van der Waals surface area contributed by atoms with Crippen LogP contribution in [0, 0.1) is 6.92 Å². The third-order valence-corrected chi connectivity index (χ3v) is 6.47. The fourth-order valence-corrected chi connectivity index (χ4v) is 4.86. The summed E-state index contributed by atoms with van der Waals surface area (Å²) in [7, 11) is -2.18. The maximum Gasteiger partial charge on any atom is 0.246 e. The zero-order chi connectivity index (χ0) is 14.9. The van der Waals surface area contributed by atoms with Gasteiger partial charge in [-0.2, -0.15) is 9.40 Å². The highest BCUT2D eigenvalue weighted by Crippen LogP contribution is 2.25. The highest BCUT2D eigenvalue weighted by atomic mass is 79.9. The van der Waals surface area contributed by atoms with E-state index in [1.54, 1.807) is 6.92 Å². The average Bonchev–Trinajstić information content (AvgIpc) is 2.95. The van der Waals surface area contributed by atoms with Gasteiger partial charge in [0.25, 0.3) is 0 Å². The molecule has 9 heteroatoms. The first-order valence-electron chi connectivity index (χ1n) is 5.70. The first-order chi connectivity index (χ1) is 9.36. The molecule has 0 aliphatic rings. The molecule has 2 aromatic rings. The van der Waals surface area contributed by atoms with Crippen molar-refractivity contribution >= 4 is 37.3 Å². The summed E-state index contributed by atoms with van der Waals surface area (Å²) >= 11 is 4.82. The van der Waals surface area contributed by atoms with Crippen LogP contribution in [-0.2, 0) is 23.2 Å². The molecule has 0 saturated heterocycles. The highest BCUT2D eigenvalue weighted by molar-refractivity contribution is 9.10. The second-order valence-electron chi connectivity index (χ2n) is 4.27. The number of aromatic amines is 1. The van der Waals surface area contributed by atoms with Crippen LogP contribution in [0.4, 0.5) is 0 Å². The molecule has 2 N–H and O–H groups in total. The molecule has 2 aromatic heterocycles. The van der Waals surface area contributed by atoms with Gasteiger partial charge in [-0.3, -0.25) is 5.10 Å². The lowest BCUT2D eigenvalue weighted by Gasteiger charge is -2.16. The number of hydrogen-bond acceptors (Lipinski definition) is 5. The minimum Gasteiger partial charge on any atom is -0.390 e. The summed E-state index contributed by atoms with van der Waals surface area (Å²) in [5.74, 6) is 0. The van der Waals surface area contributed by atoms with Crippen molar-refractivity contribution in [2.75, 3.05) is 7.05 Å². The van der Waals surface area contributed by atoms with Gasteiger partial charge < -0.3 is 5.11 Å². The number of aromatic nitrogens is 2. The SMILES string of the molecule is Cc1[nH]nc(CO)c1S(=O)(=O)N(C)Cc1cc(Br)cs1. The van der Waals surface area contributed by atoms with E-state index in [1.807, 2.05) is 11.4 Å². The van der Waals surface area contributed by atoms with E-state index in [9.17, 15) is 13.5 Å². The second-order valence-corrected chi connectivity index (χ2v) is 8.17. The summed E-state index contributed by atoms with van der Waals surface area (Å²) in [6.45, 7) is 1.47. The number of thiophene rings is 1. The van der Waals surface area contributed by atoms with Gasteiger partial charge in [0.05, 0.1) is 12.3 Å². The summed E-state index contributed by atoms with van der Waals surface area (Å²) in [5, 5.41) is 17.5. The normalized spacial score (nSPS) is 12.2. The zero-order valence-corrected chi connectivity index (χ0v) is 14.1. The summed E-state index contributed by atoms with van der Waals surface area (Å²) in [5.41, 5.74) is 0.565. The number of aryl methyl sites for hydroxylation is 1. The van der Waals surface area contributed by atoms with Gasteiger partial charge in [-0.15, -0.1) is 11.3 Å². The Morgan fingerprint density at radius 1 is 1.55 bits per heavy atom. The molecule has 0 atom stereocenters. The Hall–Kier alpha value is -0.740. The quantitative estimate of drug-likeness (QED) is 0.829. The van der Waals surface area contributed by atoms with Gasteiger partial charge in [-0.25, -0.2) is 8.42 Å². The van der Waals surface area contributed by atoms with Gasteiger partial charge in [0.1, 0.15) is 10.6 Å². The molecule has 2 rings (SSSR count). The van der Waals surface area contributed by atoms with Crippen molar-refractivity contribution < 1.29 is 13.5 Å². The van der Waals surface area contributed by atoms with E-state index in [-0.39, 0.29) is 17.1 Å². The zero-order valence-electron chi connectivity index (χ0n) is 10.9. The van der Waals surface area contributed by atoms with Crippen molar-refractivity contribution in [3.05, 3.63) is 32.2 Å². The van der Waals surface area contributed by atoms with Crippen molar-refractivity contribution in [2.24, 2.45) is 0 Å². The second kappa shape index (κ2) is 5.94. The summed E-state index contributed by atoms with van der Waals surface area (Å²) in [6, 6.07) is 1.88. The minimum absolute atomic E-state index is 0.0538. The van der Waals surface area contributed by atoms with Crippen LogP contribution in [0.5, 0.6) is 0 Å². The monoisotopic (exact) mass is 379 g/mol. The van der Waals surface area contributed by atoms with Crippen molar-refractivity contribution in [2.45, 2.75) is 25.0 Å². The Bertz CT molecular complexity index is 708. The van der Waals surface area contributed by atoms with Crippen LogP contribution >= 0.6 is 27.3 Å². The summed E-state index contributed by atoms with van der Waals surface area (Å²) in [4.78, 5) is 0.979. The molecule has 2 heterocycles. The molecule has 0 aliphatic heterocycles. The Labute approximate surface area is 129 Å². The number of aliphatic hydroxyl groups excluding tert-OH is 1. The van der Waals surface area contributed by atoms with Crippen LogP contribution in [0.3, 0.4) is 0 Å². The number of hydrogen-bond donors (Lipinski definition) is 2. The highest BCUT2D eigenvalue weighted by Gasteiger charge is 2.28. The van der Waals surface area contributed by atoms with E-state index >= 15 is 0 Å². The topological polar surface area (TPSA) is 86.3 Å². The molecule has 0 aliphatic carbocycles. The molecule has 110 valence electrons. The minimum atomic E-state index is -3.69. The standard InChI is InChI=1S/C11H14BrN3O3S2/c1-7-11(10(5-16)14-13-7)20(17,18)15(2)4-9-3-8(12)6-19-9/h3,6,16H,4-5H2,1-2H3,(H,13,14). The molecular weight excluding hydrogens is 366 g/mol. The van der Waals surface area contributed by atoms with Crippen LogP contribution in [0.15, 0.2) is 20.8 Å². The molecule has 0 aromatic carbocycles. The fourth-order valence-electron chi connectivity index (χ4n) is 1.82. The first-order valence-corrected chi connectivity index (χ1v) is 8.81. The number of sulfonamides is 1. The van der Waals surface area contributed by atoms with Gasteiger partial charge in [-0.1, -0.05) is 0 Å². The predicted molar refractivity (Wildman–Crippen MR) is 79.9 cm³/mol. The van der Waals surface area contributed by atoms with E-state index < -0.39 is 16.6 Å². The van der Waals surface area contributed by atoms with Gasteiger partial charge in [0, 0.05) is 28.3 Å². The third-order valence-electron chi connectivity index (χ3n) is 2.78. The van der Waals surface area contributed by atoms with Crippen LogP contribution < -0.4 is 0 Å². The number of H-pyrrole nitrogens is 1. The van der Waals surface area contributed by atoms with E-state index in [0.717, 1.165) is 9.35 Å². The molecule has 0 radical (unpaired) electrons. The lowest BCUT2D eigenvalue weighted by atomic mass is 10.4. The predicted octanol–water partition coefficient (Wildman–Crippen LogP) is 1.86. The molecule has 0 spiro atoms. The lowest BCUT2D eigenvalue weighted by Crippen LogP contribution is -2.27. The van der Waals surface area contributed by atoms with Crippen LogP contribution in [0.25, 0.3) is 0 Å². The van der Waals surface area contributed by atoms with E-state index in [4.69, 9.17) is 0 Å². The van der Waals surface area contributed by atoms with Crippen LogP contribution in [0.2, 0.25) is 0 Å². The number of rotatable bonds is 5. The van der Waals surface area contributed by atoms with Crippen molar-refractivity contribution in [1.29, 1.82) is 0 Å². The van der Waals surface area contributed by atoms with Gasteiger partial charge in [-0.05, 0) is 28.9 Å². The van der Waals surface area contributed by atoms with E-state index in [1.165, 1.54) is 22.7 Å². The number of nitrogens with one attached hydrogen (secondary N) is 1. The van der Waals surface area contributed by atoms with Gasteiger partial charge in [0.2, 0.25) is 10.0 Å². The molecule has 0 bridgehead atoms. The number of nitrogens with zero attached hydrogens (tertiary/aromatic N) is 2. The first kappa shape index (κ1) is 15.6. The summed E-state index contributed by atoms with van der Waals surface area (Å²) < 4.78 is 27.3. The van der Waals surface area contributed by atoms with Crippen LogP contribution in [0.1, 0.15) is 16.3 Å². The number of aliphatic hydroxyl groups is 1. The Morgan fingerprint density at radius 3 is 2.80 bits per heavy atom. The summed E-state index contributed by atoms with van der Waals surface area (Å²) in [6.07, 6.45) is 0. The fraction of sp³-hybridized carbons (Fsp3) is 0.364. The Kier molecular flexibility index (Phi) is 4.65. The van der Waals surface area contributed by atoms with E-state index in [0.29, 0.717) is 5.69 Å². The third kappa shape index (κ3) is 2.96. The van der Waals surface area contributed by atoms with Gasteiger partial charge >= 0.3 is 0 Å².